The van der Waals surface area contributed by atoms with Crippen molar-refractivity contribution in [2.24, 2.45) is 0 Å². The van der Waals surface area contributed by atoms with Crippen molar-refractivity contribution in [3.8, 4) is 11.5 Å². The second kappa shape index (κ2) is 10.5. The average Bonchev–Trinajstić information content (AvgIpc) is 3.60. The van der Waals surface area contributed by atoms with E-state index in [0.717, 1.165) is 30.6 Å². The molecule has 7 heteroatoms. The molecule has 192 valence electrons. The van der Waals surface area contributed by atoms with E-state index in [4.69, 9.17) is 13.9 Å². The molecule has 1 aromatic heterocycles. The van der Waals surface area contributed by atoms with Gasteiger partial charge < -0.3 is 23.9 Å². The Morgan fingerprint density at radius 2 is 1.97 bits per heavy atom. The lowest BCUT2D eigenvalue weighted by atomic mass is 9.94. The number of furan rings is 1. The molecule has 1 fully saturated rings. The molecular formula is C30H31NO6. The smallest absolute Gasteiger partial charge is 0.296 e. The van der Waals surface area contributed by atoms with Gasteiger partial charge in [0.15, 0.2) is 0 Å². The maximum atomic E-state index is 13.4. The Balaban J connectivity index is 1.56. The molecule has 2 atom stereocenters. The van der Waals surface area contributed by atoms with E-state index in [1.807, 2.05) is 37.3 Å². The second-order valence-corrected chi connectivity index (χ2v) is 9.59. The van der Waals surface area contributed by atoms with Gasteiger partial charge in [0.25, 0.3) is 11.7 Å². The number of rotatable bonds is 9. The monoisotopic (exact) mass is 501 g/mol. The summed E-state index contributed by atoms with van der Waals surface area (Å²) in [7, 11) is 0. The van der Waals surface area contributed by atoms with Gasteiger partial charge in [-0.1, -0.05) is 31.9 Å². The molecule has 1 N–H and O–H groups in total. The Morgan fingerprint density at radius 1 is 1.11 bits per heavy atom. The van der Waals surface area contributed by atoms with Gasteiger partial charge in [0.2, 0.25) is 0 Å². The number of ether oxygens (including phenoxy) is 2. The maximum Gasteiger partial charge on any atom is 0.296 e. The van der Waals surface area contributed by atoms with Crippen LogP contribution in [0.15, 0.2) is 70.9 Å². The minimum Gasteiger partial charge on any atom is -0.507 e. The number of nitrogens with zero attached hydrogens (tertiary/aromatic N) is 1. The van der Waals surface area contributed by atoms with E-state index in [1.54, 1.807) is 24.3 Å². The maximum absolute atomic E-state index is 13.4. The number of carbonyl (C=O) groups is 2. The number of carbonyl (C=O) groups excluding carboxylic acids is 2. The lowest BCUT2D eigenvalue weighted by Crippen LogP contribution is -2.29. The van der Waals surface area contributed by atoms with Crippen molar-refractivity contribution >= 4 is 17.4 Å². The molecule has 0 unspecified atom stereocenters. The molecule has 0 spiro atoms. The summed E-state index contributed by atoms with van der Waals surface area (Å²) in [6, 6.07) is 15.4. The molecule has 2 aliphatic heterocycles. The predicted octanol–water partition coefficient (Wildman–Crippen LogP) is 5.79. The van der Waals surface area contributed by atoms with Crippen LogP contribution < -0.4 is 9.47 Å². The van der Waals surface area contributed by atoms with Gasteiger partial charge in [0, 0.05) is 12.0 Å². The number of unbranched alkanes of at least 4 members (excludes halogenated alkanes) is 2. The molecular weight excluding hydrogens is 470 g/mol. The minimum absolute atomic E-state index is 0.0475. The Morgan fingerprint density at radius 3 is 2.76 bits per heavy atom. The molecule has 3 heterocycles. The minimum atomic E-state index is -0.798. The standard InChI is InChI=1S/C30H31NO6/c1-3-4-5-13-35-23-9-6-8-20(17-23)27-26(29(33)30(34)31(27)18-24-10-7-14-36-24)28(32)21-11-12-25-22(16-21)15-19(2)37-25/h6-12,14,16-17,19,27,32H,3-5,13,15,18H2,1-2H3/t19-,27+/m0/s1. The van der Waals surface area contributed by atoms with E-state index < -0.39 is 17.7 Å². The molecule has 1 saturated heterocycles. The van der Waals surface area contributed by atoms with Crippen molar-refractivity contribution < 1.29 is 28.6 Å². The zero-order valence-corrected chi connectivity index (χ0v) is 21.1. The fraction of sp³-hybridized carbons (Fsp3) is 0.333. The number of Topliss-reactive ketones (excluding diaryl/α,β-unsaturated/α-hetero) is 1. The summed E-state index contributed by atoms with van der Waals surface area (Å²) in [4.78, 5) is 28.1. The summed E-state index contributed by atoms with van der Waals surface area (Å²) in [6.45, 7) is 4.80. The number of hydrogen-bond acceptors (Lipinski definition) is 6. The van der Waals surface area contributed by atoms with Crippen LogP contribution in [0.3, 0.4) is 0 Å². The largest absolute Gasteiger partial charge is 0.507 e. The van der Waals surface area contributed by atoms with Crippen molar-refractivity contribution in [1.82, 2.24) is 4.90 Å². The topological polar surface area (TPSA) is 89.2 Å². The van der Waals surface area contributed by atoms with Gasteiger partial charge in [-0.25, -0.2) is 0 Å². The third-order valence-corrected chi connectivity index (χ3v) is 6.81. The first kappa shape index (κ1) is 24.7. The number of ketones is 1. The average molecular weight is 502 g/mol. The summed E-state index contributed by atoms with van der Waals surface area (Å²) in [5.41, 5.74) is 2.16. The summed E-state index contributed by atoms with van der Waals surface area (Å²) in [6.07, 6.45) is 5.40. The van der Waals surface area contributed by atoms with Gasteiger partial charge in [-0.2, -0.15) is 0 Å². The summed E-state index contributed by atoms with van der Waals surface area (Å²) >= 11 is 0. The lowest BCUT2D eigenvalue weighted by Gasteiger charge is -2.25. The van der Waals surface area contributed by atoms with Crippen molar-refractivity contribution in [1.29, 1.82) is 0 Å². The Labute approximate surface area is 216 Å². The number of aliphatic hydroxyl groups excluding tert-OH is 1. The highest BCUT2D eigenvalue weighted by Gasteiger charge is 2.46. The van der Waals surface area contributed by atoms with Gasteiger partial charge in [-0.05, 0) is 66.9 Å². The molecule has 5 rings (SSSR count). The highest BCUT2D eigenvalue weighted by atomic mass is 16.5. The van der Waals surface area contributed by atoms with Gasteiger partial charge in [-0.15, -0.1) is 0 Å². The normalized spacial score (nSPS) is 20.2. The van der Waals surface area contributed by atoms with Gasteiger partial charge in [0.05, 0.1) is 31.0 Å². The Kier molecular flexibility index (Phi) is 7.04. The molecule has 3 aromatic rings. The van der Waals surface area contributed by atoms with Crippen LogP contribution in [0.5, 0.6) is 11.5 Å². The molecule has 1 amide bonds. The Bertz CT molecular complexity index is 1330. The zero-order chi connectivity index (χ0) is 25.9. The van der Waals surface area contributed by atoms with Crippen molar-refractivity contribution in [2.75, 3.05) is 6.61 Å². The highest BCUT2D eigenvalue weighted by Crippen LogP contribution is 2.42. The van der Waals surface area contributed by atoms with Crippen LogP contribution in [0.1, 0.15) is 61.6 Å². The second-order valence-electron chi connectivity index (χ2n) is 9.59. The van der Waals surface area contributed by atoms with Crippen molar-refractivity contribution in [3.05, 3.63) is 88.9 Å². The van der Waals surface area contributed by atoms with E-state index in [0.29, 0.717) is 35.7 Å². The van der Waals surface area contributed by atoms with E-state index in [9.17, 15) is 14.7 Å². The number of fused-ring (bicyclic) bond motifs is 1. The van der Waals surface area contributed by atoms with E-state index in [2.05, 4.69) is 6.92 Å². The zero-order valence-electron chi connectivity index (χ0n) is 21.1. The quantitative estimate of drug-likeness (QED) is 0.173. The molecule has 37 heavy (non-hydrogen) atoms. The first-order valence-corrected chi connectivity index (χ1v) is 12.8. The van der Waals surface area contributed by atoms with Crippen molar-refractivity contribution in [3.63, 3.8) is 0 Å². The fourth-order valence-electron chi connectivity index (χ4n) is 5.00. The predicted molar refractivity (Wildman–Crippen MR) is 138 cm³/mol. The molecule has 2 aliphatic rings. The number of aliphatic hydroxyl groups is 1. The van der Waals surface area contributed by atoms with E-state index in [1.165, 1.54) is 11.2 Å². The number of hydrogen-bond donors (Lipinski definition) is 1. The van der Waals surface area contributed by atoms with Gasteiger partial charge >= 0.3 is 0 Å². The van der Waals surface area contributed by atoms with Crippen LogP contribution in [0.4, 0.5) is 0 Å². The molecule has 0 radical (unpaired) electrons. The van der Waals surface area contributed by atoms with E-state index in [-0.39, 0.29) is 24.0 Å². The summed E-state index contributed by atoms with van der Waals surface area (Å²) < 4.78 is 17.2. The molecule has 0 aliphatic carbocycles. The third kappa shape index (κ3) is 4.99. The van der Waals surface area contributed by atoms with Crippen LogP contribution in [0, 0.1) is 0 Å². The number of benzene rings is 2. The third-order valence-electron chi connectivity index (χ3n) is 6.81. The summed E-state index contributed by atoms with van der Waals surface area (Å²) in [5, 5.41) is 11.4. The highest BCUT2D eigenvalue weighted by molar-refractivity contribution is 6.46. The molecule has 0 bridgehead atoms. The molecule has 2 aromatic carbocycles. The first-order valence-electron chi connectivity index (χ1n) is 12.8. The van der Waals surface area contributed by atoms with Crippen molar-refractivity contribution in [2.45, 2.75) is 58.2 Å². The SMILES string of the molecule is CCCCCOc1cccc([C@@H]2C(=C(O)c3ccc4c(c3)C[C@H](C)O4)C(=O)C(=O)N2Cc2ccco2)c1. The molecule has 7 nitrogen and oxygen atoms in total. The fourth-order valence-corrected chi connectivity index (χ4v) is 5.00. The van der Waals surface area contributed by atoms with Crippen LogP contribution in [0.2, 0.25) is 0 Å². The van der Waals surface area contributed by atoms with Gasteiger partial charge in [-0.3, -0.25) is 9.59 Å². The number of amides is 1. The lowest BCUT2D eigenvalue weighted by molar-refractivity contribution is -0.140. The first-order chi connectivity index (χ1) is 18.0. The van der Waals surface area contributed by atoms with Crippen LogP contribution >= 0.6 is 0 Å². The van der Waals surface area contributed by atoms with Gasteiger partial charge in [0.1, 0.15) is 29.1 Å². The summed E-state index contributed by atoms with van der Waals surface area (Å²) in [5.74, 6) is 0.348. The Hall–Kier alpha value is -4.00. The van der Waals surface area contributed by atoms with Crippen LogP contribution in [-0.4, -0.2) is 34.4 Å². The van der Waals surface area contributed by atoms with E-state index >= 15 is 0 Å². The van der Waals surface area contributed by atoms with Crippen LogP contribution in [0.25, 0.3) is 5.76 Å². The number of likely N-dealkylation sites (tertiary alicyclic amines) is 1. The molecule has 0 saturated carbocycles. The van der Waals surface area contributed by atoms with Crippen LogP contribution in [-0.2, 0) is 22.6 Å².